The molecule has 1 amide bonds. The first-order valence-electron chi connectivity index (χ1n) is 7.30. The second-order valence-corrected chi connectivity index (χ2v) is 7.36. The molecular weight excluding hydrogens is 332 g/mol. The van der Waals surface area contributed by atoms with Gasteiger partial charge in [0.1, 0.15) is 5.75 Å². The van der Waals surface area contributed by atoms with Gasteiger partial charge in [0.2, 0.25) is 10.0 Å². The zero-order valence-corrected chi connectivity index (χ0v) is 14.4. The van der Waals surface area contributed by atoms with Crippen LogP contribution in [0.15, 0.2) is 29.2 Å². The molecule has 0 radical (unpaired) electrons. The van der Waals surface area contributed by atoms with Crippen LogP contribution in [0.3, 0.4) is 0 Å². The lowest BCUT2D eigenvalue weighted by molar-refractivity contribution is -0.120. The van der Waals surface area contributed by atoms with Gasteiger partial charge in [-0.25, -0.2) is 13.1 Å². The minimum atomic E-state index is -3.72. The van der Waals surface area contributed by atoms with E-state index in [0.29, 0.717) is 11.4 Å². The number of nitrogens with zero attached hydrogens (tertiary/aromatic N) is 3. The number of anilines is 1. The van der Waals surface area contributed by atoms with E-state index in [2.05, 4.69) is 9.82 Å². The molecule has 1 aliphatic heterocycles. The van der Waals surface area contributed by atoms with Crippen LogP contribution in [0, 0.1) is 6.92 Å². The summed E-state index contributed by atoms with van der Waals surface area (Å²) < 4.78 is 34.5. The van der Waals surface area contributed by atoms with E-state index < -0.39 is 10.0 Å². The van der Waals surface area contributed by atoms with Crippen LogP contribution in [-0.4, -0.2) is 37.8 Å². The number of carbonyl (C=O) groups excluding carboxylic acids is 1. The van der Waals surface area contributed by atoms with E-state index in [1.54, 1.807) is 24.8 Å². The third-order valence-corrected chi connectivity index (χ3v) is 5.27. The van der Waals surface area contributed by atoms with E-state index in [4.69, 9.17) is 4.74 Å². The number of ether oxygens (including phenoxy) is 1. The second-order valence-electron chi connectivity index (χ2n) is 5.60. The van der Waals surface area contributed by atoms with Crippen molar-refractivity contribution in [2.24, 2.45) is 7.05 Å². The summed E-state index contributed by atoms with van der Waals surface area (Å²) in [5, 5.41) is 4.18. The Hall–Kier alpha value is -2.39. The first kappa shape index (κ1) is 16.5. The molecule has 0 fully saturated rings. The molecule has 0 bridgehead atoms. The number of aryl methyl sites for hydroxylation is 2. The number of hydrogen-bond acceptors (Lipinski definition) is 5. The lowest BCUT2D eigenvalue weighted by Crippen LogP contribution is -2.35. The third kappa shape index (κ3) is 3.00. The van der Waals surface area contributed by atoms with Gasteiger partial charge in [-0.05, 0) is 31.2 Å². The predicted octanol–water partition coefficient (Wildman–Crippen LogP) is 0.562. The van der Waals surface area contributed by atoms with E-state index in [-0.39, 0.29) is 24.0 Å². The Morgan fingerprint density at radius 2 is 2.04 bits per heavy atom. The highest BCUT2D eigenvalue weighted by Gasteiger charge is 2.25. The predicted molar refractivity (Wildman–Crippen MR) is 87.3 cm³/mol. The van der Waals surface area contributed by atoms with E-state index in [9.17, 15) is 13.2 Å². The molecule has 2 heterocycles. The fourth-order valence-electron chi connectivity index (χ4n) is 2.50. The molecule has 0 spiro atoms. The largest absolute Gasteiger partial charge is 0.482 e. The zero-order chi connectivity index (χ0) is 17.5. The molecule has 2 aromatic rings. The van der Waals surface area contributed by atoms with Crippen molar-refractivity contribution in [3.63, 3.8) is 0 Å². The van der Waals surface area contributed by atoms with Crippen molar-refractivity contribution in [3.05, 3.63) is 35.7 Å². The van der Waals surface area contributed by atoms with Crippen LogP contribution in [0.1, 0.15) is 11.4 Å². The number of rotatable bonds is 4. The summed E-state index contributed by atoms with van der Waals surface area (Å²) in [5.74, 6) is 0.258. The van der Waals surface area contributed by atoms with Crippen LogP contribution in [0.2, 0.25) is 0 Å². The summed E-state index contributed by atoms with van der Waals surface area (Å²) in [5.41, 5.74) is 2.01. The fourth-order valence-corrected chi connectivity index (χ4v) is 3.52. The molecule has 3 rings (SSSR count). The zero-order valence-electron chi connectivity index (χ0n) is 13.6. The van der Waals surface area contributed by atoms with Gasteiger partial charge in [0.25, 0.3) is 5.91 Å². The lowest BCUT2D eigenvalue weighted by Gasteiger charge is -2.26. The molecule has 0 saturated heterocycles. The molecule has 8 nitrogen and oxygen atoms in total. The number of likely N-dealkylation sites (N-methyl/N-ethyl adjacent to an activating group) is 1. The quantitative estimate of drug-likeness (QED) is 0.870. The number of fused-ring (bicyclic) bond motifs is 1. The number of carbonyl (C=O) groups is 1. The molecule has 1 N–H and O–H groups in total. The Kier molecular flexibility index (Phi) is 4.06. The van der Waals surface area contributed by atoms with Gasteiger partial charge in [-0.3, -0.25) is 9.48 Å². The van der Waals surface area contributed by atoms with Crippen LogP contribution in [0.25, 0.3) is 0 Å². The van der Waals surface area contributed by atoms with Gasteiger partial charge < -0.3 is 9.64 Å². The summed E-state index contributed by atoms with van der Waals surface area (Å²) >= 11 is 0. The summed E-state index contributed by atoms with van der Waals surface area (Å²) in [6, 6.07) is 6.26. The monoisotopic (exact) mass is 350 g/mol. The first-order chi connectivity index (χ1) is 11.3. The second kappa shape index (κ2) is 5.91. The molecule has 0 atom stereocenters. The number of sulfonamides is 1. The van der Waals surface area contributed by atoms with Crippen molar-refractivity contribution in [1.82, 2.24) is 14.5 Å². The molecule has 1 aromatic carbocycles. The molecule has 0 unspecified atom stereocenters. The molecule has 9 heteroatoms. The number of amides is 1. The van der Waals surface area contributed by atoms with Crippen molar-refractivity contribution >= 4 is 21.6 Å². The lowest BCUT2D eigenvalue weighted by atomic mass is 10.2. The average Bonchev–Trinajstić information content (AvgIpc) is 2.86. The highest BCUT2D eigenvalue weighted by Crippen LogP contribution is 2.33. The standard InChI is InChI=1S/C15H18N4O4S/c1-10-6-11(19(3)17-10)8-16-24(21,22)12-4-5-14-13(7-12)18(2)15(20)9-23-14/h4-7,16H,8-9H2,1-3H3. The number of nitrogens with one attached hydrogen (secondary N) is 1. The maximum atomic E-state index is 12.5. The Labute approximate surface area is 140 Å². The van der Waals surface area contributed by atoms with Crippen LogP contribution in [-0.2, 0) is 28.4 Å². The Morgan fingerprint density at radius 1 is 1.29 bits per heavy atom. The van der Waals surface area contributed by atoms with Crippen LogP contribution >= 0.6 is 0 Å². The van der Waals surface area contributed by atoms with Crippen LogP contribution in [0.5, 0.6) is 5.75 Å². The van der Waals surface area contributed by atoms with Crippen molar-refractivity contribution < 1.29 is 17.9 Å². The first-order valence-corrected chi connectivity index (χ1v) is 8.79. The molecule has 0 saturated carbocycles. The molecular formula is C15H18N4O4S. The van der Waals surface area contributed by atoms with E-state index in [0.717, 1.165) is 11.4 Å². The van der Waals surface area contributed by atoms with E-state index in [1.165, 1.54) is 17.0 Å². The van der Waals surface area contributed by atoms with Crippen molar-refractivity contribution in [1.29, 1.82) is 0 Å². The summed E-state index contributed by atoms with van der Waals surface area (Å²) in [6.45, 7) is 1.92. The number of aromatic nitrogens is 2. The summed E-state index contributed by atoms with van der Waals surface area (Å²) in [7, 11) is -0.378. The van der Waals surface area contributed by atoms with Crippen LogP contribution in [0.4, 0.5) is 5.69 Å². The van der Waals surface area contributed by atoms with E-state index >= 15 is 0 Å². The topological polar surface area (TPSA) is 93.5 Å². The minimum Gasteiger partial charge on any atom is -0.482 e. The smallest absolute Gasteiger partial charge is 0.264 e. The molecule has 24 heavy (non-hydrogen) atoms. The fraction of sp³-hybridized carbons (Fsp3) is 0.333. The van der Waals surface area contributed by atoms with Gasteiger partial charge >= 0.3 is 0 Å². The van der Waals surface area contributed by atoms with Crippen molar-refractivity contribution in [2.75, 3.05) is 18.6 Å². The van der Waals surface area contributed by atoms with Gasteiger partial charge in [0, 0.05) is 14.1 Å². The highest BCUT2D eigenvalue weighted by molar-refractivity contribution is 7.89. The van der Waals surface area contributed by atoms with Gasteiger partial charge in [0.05, 0.1) is 28.5 Å². The Bertz CT molecular complexity index is 904. The molecule has 128 valence electrons. The average molecular weight is 350 g/mol. The number of hydrogen-bond donors (Lipinski definition) is 1. The highest BCUT2D eigenvalue weighted by atomic mass is 32.2. The van der Waals surface area contributed by atoms with Gasteiger partial charge in [-0.1, -0.05) is 0 Å². The normalized spacial score (nSPS) is 14.5. The van der Waals surface area contributed by atoms with Gasteiger partial charge in [0.15, 0.2) is 6.61 Å². The SMILES string of the molecule is Cc1cc(CNS(=O)(=O)c2ccc3c(c2)N(C)C(=O)CO3)n(C)n1. The molecule has 0 aliphatic carbocycles. The van der Waals surface area contributed by atoms with Crippen LogP contribution < -0.4 is 14.4 Å². The van der Waals surface area contributed by atoms with Gasteiger partial charge in [-0.2, -0.15) is 5.10 Å². The van der Waals surface area contributed by atoms with Crippen molar-refractivity contribution in [3.8, 4) is 5.75 Å². The minimum absolute atomic E-state index is 0.0479. The maximum absolute atomic E-state index is 12.5. The van der Waals surface area contributed by atoms with E-state index in [1.807, 2.05) is 13.0 Å². The molecule has 1 aromatic heterocycles. The van der Waals surface area contributed by atoms with Crippen molar-refractivity contribution in [2.45, 2.75) is 18.4 Å². The third-order valence-electron chi connectivity index (χ3n) is 3.87. The molecule has 1 aliphatic rings. The summed E-state index contributed by atoms with van der Waals surface area (Å²) in [6.07, 6.45) is 0. The maximum Gasteiger partial charge on any atom is 0.264 e. The number of benzene rings is 1. The Morgan fingerprint density at radius 3 is 2.71 bits per heavy atom. The van der Waals surface area contributed by atoms with Gasteiger partial charge in [-0.15, -0.1) is 0 Å². The summed E-state index contributed by atoms with van der Waals surface area (Å²) in [4.78, 5) is 13.2. The Balaban J connectivity index is 1.85.